The number of carbonyl (C=O) groups excluding carboxylic acids is 1. The van der Waals surface area contributed by atoms with E-state index >= 15 is 0 Å². The number of benzene rings is 1. The monoisotopic (exact) mass is 378 g/mol. The number of nitrogens with one attached hydrogen (secondary N) is 1. The van der Waals surface area contributed by atoms with E-state index in [1.807, 2.05) is 18.2 Å². The van der Waals surface area contributed by atoms with Crippen molar-refractivity contribution in [2.75, 3.05) is 5.32 Å². The number of fused-ring (bicyclic) bond motifs is 1. The summed E-state index contributed by atoms with van der Waals surface area (Å²) in [7, 11) is 0. The fourth-order valence-electron chi connectivity index (χ4n) is 3.53. The predicted molar refractivity (Wildman–Crippen MR) is 113 cm³/mol. The number of hydrogen-bond acceptors (Lipinski definition) is 3. The fourth-order valence-corrected chi connectivity index (χ4v) is 4.84. The van der Waals surface area contributed by atoms with Crippen LogP contribution >= 0.6 is 11.3 Å². The van der Waals surface area contributed by atoms with E-state index < -0.39 is 0 Å². The van der Waals surface area contributed by atoms with Gasteiger partial charge in [-0.05, 0) is 53.9 Å². The van der Waals surface area contributed by atoms with Gasteiger partial charge in [-0.15, -0.1) is 11.3 Å². The number of carbonyl (C=O) groups is 1. The lowest BCUT2D eigenvalue weighted by Gasteiger charge is -2.20. The summed E-state index contributed by atoms with van der Waals surface area (Å²) in [6.45, 7) is 6.54. The molecule has 1 aliphatic carbocycles. The van der Waals surface area contributed by atoms with Gasteiger partial charge < -0.3 is 5.32 Å². The van der Waals surface area contributed by atoms with E-state index in [-0.39, 0.29) is 5.91 Å². The van der Waals surface area contributed by atoms with Gasteiger partial charge in [0.1, 0.15) is 11.1 Å². The SMILES string of the molecule is CCC1CCc2c(sc(NC(=O)C=Cc3ccc(C(C)C)cc3)c2C#N)C1. The Morgan fingerprint density at radius 1 is 1.37 bits per heavy atom. The van der Waals surface area contributed by atoms with Crippen molar-refractivity contribution in [2.45, 2.75) is 52.4 Å². The van der Waals surface area contributed by atoms with Crippen molar-refractivity contribution in [3.8, 4) is 6.07 Å². The van der Waals surface area contributed by atoms with E-state index in [0.29, 0.717) is 22.4 Å². The lowest BCUT2D eigenvalue weighted by Crippen LogP contribution is -2.12. The first-order valence-electron chi connectivity index (χ1n) is 9.65. The number of thiophene rings is 1. The van der Waals surface area contributed by atoms with E-state index in [1.54, 1.807) is 17.4 Å². The Kier molecular flexibility index (Phi) is 6.13. The quantitative estimate of drug-likeness (QED) is 0.658. The maximum absolute atomic E-state index is 12.4. The van der Waals surface area contributed by atoms with E-state index in [4.69, 9.17) is 0 Å². The van der Waals surface area contributed by atoms with Crippen molar-refractivity contribution in [3.05, 3.63) is 57.5 Å². The third-order valence-electron chi connectivity index (χ3n) is 5.32. The molecule has 27 heavy (non-hydrogen) atoms. The molecule has 140 valence electrons. The average molecular weight is 379 g/mol. The first kappa shape index (κ1) is 19.4. The van der Waals surface area contributed by atoms with Crippen molar-refractivity contribution in [2.24, 2.45) is 5.92 Å². The molecule has 0 radical (unpaired) electrons. The van der Waals surface area contributed by atoms with Gasteiger partial charge in [0.2, 0.25) is 5.91 Å². The maximum Gasteiger partial charge on any atom is 0.249 e. The van der Waals surface area contributed by atoms with Crippen LogP contribution in [-0.2, 0) is 17.6 Å². The molecule has 3 rings (SSSR count). The van der Waals surface area contributed by atoms with Gasteiger partial charge in [-0.25, -0.2) is 0 Å². The van der Waals surface area contributed by atoms with E-state index in [0.717, 1.165) is 30.4 Å². The molecule has 4 heteroatoms. The summed E-state index contributed by atoms with van der Waals surface area (Å²) in [5.41, 5.74) is 4.08. The molecule has 1 aromatic carbocycles. The zero-order chi connectivity index (χ0) is 19.4. The van der Waals surface area contributed by atoms with Crippen molar-refractivity contribution >= 4 is 28.3 Å². The Balaban J connectivity index is 1.71. The normalized spacial score (nSPS) is 16.3. The molecule has 0 spiro atoms. The maximum atomic E-state index is 12.4. The van der Waals surface area contributed by atoms with Gasteiger partial charge in [0.25, 0.3) is 0 Å². The Morgan fingerprint density at radius 2 is 2.11 bits per heavy atom. The highest BCUT2D eigenvalue weighted by molar-refractivity contribution is 7.16. The molecule has 0 bridgehead atoms. The highest BCUT2D eigenvalue weighted by Crippen LogP contribution is 2.40. The van der Waals surface area contributed by atoms with Gasteiger partial charge in [0.15, 0.2) is 0 Å². The molecule has 1 unspecified atom stereocenters. The van der Waals surface area contributed by atoms with Crippen molar-refractivity contribution in [3.63, 3.8) is 0 Å². The summed E-state index contributed by atoms with van der Waals surface area (Å²) in [6, 6.07) is 10.5. The molecule has 0 fully saturated rings. The first-order valence-corrected chi connectivity index (χ1v) is 10.5. The molecule has 1 atom stereocenters. The van der Waals surface area contributed by atoms with Crippen LogP contribution in [0.25, 0.3) is 6.08 Å². The van der Waals surface area contributed by atoms with Gasteiger partial charge in [0, 0.05) is 11.0 Å². The second kappa shape index (κ2) is 8.54. The third-order valence-corrected chi connectivity index (χ3v) is 6.49. The summed E-state index contributed by atoms with van der Waals surface area (Å²) in [5.74, 6) is 0.998. The fraction of sp³-hybridized carbons (Fsp3) is 0.391. The molecular formula is C23H26N2OS. The number of anilines is 1. The summed E-state index contributed by atoms with van der Waals surface area (Å²) in [4.78, 5) is 13.6. The topological polar surface area (TPSA) is 52.9 Å². The van der Waals surface area contributed by atoms with Gasteiger partial charge in [-0.2, -0.15) is 5.26 Å². The lowest BCUT2D eigenvalue weighted by molar-refractivity contribution is -0.111. The van der Waals surface area contributed by atoms with Gasteiger partial charge in [0.05, 0.1) is 5.56 Å². The molecule has 1 N–H and O–H groups in total. The van der Waals surface area contributed by atoms with Crippen LogP contribution in [0, 0.1) is 17.2 Å². The minimum atomic E-state index is -0.190. The summed E-state index contributed by atoms with van der Waals surface area (Å²) in [5, 5.41) is 13.2. The third kappa shape index (κ3) is 4.48. The second-order valence-electron chi connectivity index (χ2n) is 7.48. The molecule has 0 saturated carbocycles. The van der Waals surface area contributed by atoms with E-state index in [2.05, 4.69) is 44.3 Å². The van der Waals surface area contributed by atoms with Crippen molar-refractivity contribution < 1.29 is 4.79 Å². The number of rotatable bonds is 5. The number of nitriles is 1. The summed E-state index contributed by atoms with van der Waals surface area (Å²) >= 11 is 1.57. The molecular weight excluding hydrogens is 352 g/mol. The molecule has 1 aliphatic rings. The van der Waals surface area contributed by atoms with Crippen LogP contribution in [0.5, 0.6) is 0 Å². The van der Waals surface area contributed by atoms with Gasteiger partial charge in [-0.1, -0.05) is 51.5 Å². The van der Waals surface area contributed by atoms with Gasteiger partial charge >= 0.3 is 0 Å². The molecule has 0 aliphatic heterocycles. The lowest BCUT2D eigenvalue weighted by atomic mass is 9.86. The van der Waals surface area contributed by atoms with Crippen LogP contribution in [0.15, 0.2) is 30.3 Å². The van der Waals surface area contributed by atoms with Crippen LogP contribution in [0.1, 0.15) is 66.7 Å². The minimum absolute atomic E-state index is 0.190. The van der Waals surface area contributed by atoms with Crippen LogP contribution in [0.4, 0.5) is 5.00 Å². The van der Waals surface area contributed by atoms with Crippen LogP contribution in [0.3, 0.4) is 0 Å². The van der Waals surface area contributed by atoms with E-state index in [1.165, 1.54) is 16.9 Å². The average Bonchev–Trinajstić information content (AvgIpc) is 3.02. The molecule has 1 aromatic heterocycles. The van der Waals surface area contributed by atoms with Gasteiger partial charge in [-0.3, -0.25) is 4.79 Å². The standard InChI is InChI=1S/C23H26N2OS/c1-4-16-7-11-19-20(14-24)23(27-21(19)13-16)25-22(26)12-8-17-5-9-18(10-6-17)15(2)3/h5-6,8-10,12,15-16H,4,7,11,13H2,1-3H3,(H,25,26). The van der Waals surface area contributed by atoms with Crippen molar-refractivity contribution in [1.82, 2.24) is 0 Å². The Morgan fingerprint density at radius 3 is 2.74 bits per heavy atom. The molecule has 1 heterocycles. The number of amides is 1. The summed E-state index contributed by atoms with van der Waals surface area (Å²) < 4.78 is 0. The Hall–Kier alpha value is -2.38. The van der Waals surface area contributed by atoms with Crippen molar-refractivity contribution in [1.29, 1.82) is 5.26 Å². The minimum Gasteiger partial charge on any atom is -0.313 e. The zero-order valence-corrected chi connectivity index (χ0v) is 17.0. The molecule has 2 aromatic rings. The largest absolute Gasteiger partial charge is 0.313 e. The highest BCUT2D eigenvalue weighted by atomic mass is 32.1. The van der Waals surface area contributed by atoms with Crippen LogP contribution in [-0.4, -0.2) is 5.91 Å². The smallest absolute Gasteiger partial charge is 0.249 e. The summed E-state index contributed by atoms with van der Waals surface area (Å²) in [6.07, 6.45) is 7.62. The number of hydrogen-bond donors (Lipinski definition) is 1. The van der Waals surface area contributed by atoms with Crippen LogP contribution in [0.2, 0.25) is 0 Å². The Bertz CT molecular complexity index is 884. The van der Waals surface area contributed by atoms with Crippen LogP contribution < -0.4 is 5.32 Å². The highest BCUT2D eigenvalue weighted by Gasteiger charge is 2.25. The predicted octanol–water partition coefficient (Wildman–Crippen LogP) is 5.91. The Labute approximate surface area is 165 Å². The van der Waals surface area contributed by atoms with E-state index in [9.17, 15) is 10.1 Å². The zero-order valence-electron chi connectivity index (χ0n) is 16.2. The first-order chi connectivity index (χ1) is 13.0. The number of nitrogens with zero attached hydrogens (tertiary/aromatic N) is 1. The molecule has 1 amide bonds. The second-order valence-corrected chi connectivity index (χ2v) is 8.59. The molecule has 3 nitrogen and oxygen atoms in total. The molecule has 0 saturated heterocycles.